The van der Waals surface area contributed by atoms with Crippen molar-refractivity contribution in [1.29, 1.82) is 0 Å². The van der Waals surface area contributed by atoms with Crippen LogP contribution in [0.4, 0.5) is 5.95 Å². The molecule has 0 amide bonds. The van der Waals surface area contributed by atoms with Crippen LogP contribution >= 0.6 is 11.6 Å². The molecule has 0 aliphatic heterocycles. The highest BCUT2D eigenvalue weighted by atomic mass is 35.5. The second-order valence-electron chi connectivity index (χ2n) is 4.52. The third-order valence-electron chi connectivity index (χ3n) is 2.88. The highest BCUT2D eigenvalue weighted by Crippen LogP contribution is 2.10. The minimum Gasteiger partial charge on any atom is -0.350 e. The zero-order valence-corrected chi connectivity index (χ0v) is 12.1. The predicted molar refractivity (Wildman–Crippen MR) is 80.5 cm³/mol. The molecule has 0 saturated carbocycles. The van der Waals surface area contributed by atoms with Crippen molar-refractivity contribution >= 4 is 17.5 Å². The van der Waals surface area contributed by atoms with Crippen molar-refractivity contribution < 1.29 is 0 Å². The minimum atomic E-state index is 0.127. The molecule has 0 unspecified atom stereocenters. The van der Waals surface area contributed by atoms with E-state index < -0.39 is 0 Å². The van der Waals surface area contributed by atoms with Gasteiger partial charge in [0.2, 0.25) is 11.2 Å². The van der Waals surface area contributed by atoms with Gasteiger partial charge in [-0.15, -0.1) is 0 Å². The molecule has 0 fully saturated rings. The monoisotopic (exact) mass is 300 g/mol. The Morgan fingerprint density at radius 1 is 1.14 bits per heavy atom. The van der Waals surface area contributed by atoms with Gasteiger partial charge in [-0.05, 0) is 30.2 Å². The van der Waals surface area contributed by atoms with Crippen molar-refractivity contribution in [2.24, 2.45) is 0 Å². The summed E-state index contributed by atoms with van der Waals surface area (Å²) in [4.78, 5) is 12.4. The Morgan fingerprint density at radius 3 is 2.67 bits per heavy atom. The Kier molecular flexibility index (Phi) is 3.79. The van der Waals surface area contributed by atoms with Crippen LogP contribution in [0.2, 0.25) is 5.28 Å². The van der Waals surface area contributed by atoms with Gasteiger partial charge in [-0.25, -0.2) is 4.68 Å². The summed E-state index contributed by atoms with van der Waals surface area (Å²) in [6, 6.07) is 10.0. The fraction of sp³-hybridized carbons (Fsp3) is 0.143. The summed E-state index contributed by atoms with van der Waals surface area (Å²) >= 11 is 5.93. The normalized spacial score (nSPS) is 10.6. The first-order chi connectivity index (χ1) is 10.2. The first-order valence-electron chi connectivity index (χ1n) is 6.42. The first kappa shape index (κ1) is 13.5. The SMILES string of the molecule is Cc1ccc(CNc2nc(Cl)nc(-n3cccn3)n2)cc1. The van der Waals surface area contributed by atoms with Crippen molar-refractivity contribution in [1.82, 2.24) is 24.7 Å². The fourth-order valence-electron chi connectivity index (χ4n) is 1.80. The highest BCUT2D eigenvalue weighted by Gasteiger charge is 2.06. The molecule has 2 aromatic heterocycles. The summed E-state index contributed by atoms with van der Waals surface area (Å²) in [6.45, 7) is 2.67. The minimum absolute atomic E-state index is 0.127. The number of halogens is 1. The zero-order chi connectivity index (χ0) is 14.7. The van der Waals surface area contributed by atoms with Crippen LogP contribution in [0.3, 0.4) is 0 Å². The molecule has 1 N–H and O–H groups in total. The number of nitrogens with zero attached hydrogens (tertiary/aromatic N) is 5. The molecular formula is C14H13ClN6. The van der Waals surface area contributed by atoms with E-state index in [0.29, 0.717) is 18.4 Å². The highest BCUT2D eigenvalue weighted by molar-refractivity contribution is 6.28. The molecule has 3 aromatic rings. The van der Waals surface area contributed by atoms with Crippen LogP contribution in [-0.2, 0) is 6.54 Å². The fourth-order valence-corrected chi connectivity index (χ4v) is 1.95. The number of rotatable bonds is 4. The van der Waals surface area contributed by atoms with Crippen LogP contribution in [-0.4, -0.2) is 24.7 Å². The molecule has 0 atom stereocenters. The van der Waals surface area contributed by atoms with Gasteiger partial charge in [0.15, 0.2) is 0 Å². The molecule has 0 bridgehead atoms. The van der Waals surface area contributed by atoms with E-state index in [0.717, 1.165) is 5.56 Å². The summed E-state index contributed by atoms with van der Waals surface area (Å²) in [5.74, 6) is 0.799. The second-order valence-corrected chi connectivity index (χ2v) is 4.86. The average molecular weight is 301 g/mol. The quantitative estimate of drug-likeness (QED) is 0.802. The number of aromatic nitrogens is 5. The number of anilines is 1. The lowest BCUT2D eigenvalue weighted by Gasteiger charge is -2.07. The first-order valence-corrected chi connectivity index (χ1v) is 6.79. The van der Waals surface area contributed by atoms with E-state index in [2.05, 4.69) is 56.6 Å². The van der Waals surface area contributed by atoms with Gasteiger partial charge in [-0.2, -0.15) is 20.1 Å². The predicted octanol–water partition coefficient (Wildman–Crippen LogP) is 2.63. The Labute approximate surface area is 126 Å². The molecule has 7 heteroatoms. The second kappa shape index (κ2) is 5.88. The maximum Gasteiger partial charge on any atom is 0.256 e. The molecule has 1 aromatic carbocycles. The van der Waals surface area contributed by atoms with Gasteiger partial charge >= 0.3 is 0 Å². The van der Waals surface area contributed by atoms with Gasteiger partial charge in [-0.1, -0.05) is 29.8 Å². The zero-order valence-electron chi connectivity index (χ0n) is 11.4. The number of aryl methyl sites for hydroxylation is 1. The Balaban J connectivity index is 1.78. The molecule has 6 nitrogen and oxygen atoms in total. The Morgan fingerprint density at radius 2 is 1.95 bits per heavy atom. The Bertz CT molecular complexity index is 724. The van der Waals surface area contributed by atoms with E-state index in [4.69, 9.17) is 11.6 Å². The van der Waals surface area contributed by atoms with Gasteiger partial charge in [0, 0.05) is 18.9 Å². The molecule has 21 heavy (non-hydrogen) atoms. The van der Waals surface area contributed by atoms with Gasteiger partial charge in [0.1, 0.15) is 0 Å². The van der Waals surface area contributed by atoms with Crippen LogP contribution < -0.4 is 5.32 Å². The van der Waals surface area contributed by atoms with E-state index in [1.165, 1.54) is 10.2 Å². The van der Waals surface area contributed by atoms with E-state index >= 15 is 0 Å². The lowest BCUT2D eigenvalue weighted by Crippen LogP contribution is -2.09. The van der Waals surface area contributed by atoms with Crippen LogP contribution in [0.25, 0.3) is 5.95 Å². The number of hydrogen-bond acceptors (Lipinski definition) is 5. The van der Waals surface area contributed by atoms with Crippen LogP contribution in [0.15, 0.2) is 42.7 Å². The van der Waals surface area contributed by atoms with Crippen LogP contribution in [0.5, 0.6) is 0 Å². The summed E-state index contributed by atoms with van der Waals surface area (Å²) in [7, 11) is 0. The third-order valence-corrected chi connectivity index (χ3v) is 3.05. The van der Waals surface area contributed by atoms with Crippen molar-refractivity contribution in [3.8, 4) is 5.95 Å². The standard InChI is InChI=1S/C14H13ClN6/c1-10-3-5-11(6-4-10)9-16-13-18-12(15)19-14(20-13)21-8-2-7-17-21/h2-8H,9H2,1H3,(H,16,18,19,20). The maximum absolute atomic E-state index is 5.93. The van der Waals surface area contributed by atoms with Crippen molar-refractivity contribution in [2.75, 3.05) is 5.32 Å². The van der Waals surface area contributed by atoms with Gasteiger partial charge in [-0.3, -0.25) is 0 Å². The third kappa shape index (κ3) is 3.35. The van der Waals surface area contributed by atoms with Crippen LogP contribution in [0.1, 0.15) is 11.1 Å². The molecule has 0 spiro atoms. The molecular weight excluding hydrogens is 288 g/mol. The number of benzene rings is 1. The van der Waals surface area contributed by atoms with Gasteiger partial charge in [0.25, 0.3) is 5.95 Å². The number of hydrogen-bond donors (Lipinski definition) is 1. The summed E-state index contributed by atoms with van der Waals surface area (Å²) in [5.41, 5.74) is 2.36. The largest absolute Gasteiger partial charge is 0.350 e. The molecule has 3 rings (SSSR count). The van der Waals surface area contributed by atoms with Crippen molar-refractivity contribution in [3.05, 3.63) is 59.1 Å². The summed E-state index contributed by atoms with van der Waals surface area (Å²) < 4.78 is 1.53. The van der Waals surface area contributed by atoms with E-state index in [9.17, 15) is 0 Å². The van der Waals surface area contributed by atoms with Crippen molar-refractivity contribution in [3.63, 3.8) is 0 Å². The molecule has 2 heterocycles. The van der Waals surface area contributed by atoms with E-state index in [1.54, 1.807) is 18.5 Å². The lowest BCUT2D eigenvalue weighted by atomic mass is 10.1. The lowest BCUT2D eigenvalue weighted by molar-refractivity contribution is 0.794. The topological polar surface area (TPSA) is 68.5 Å². The van der Waals surface area contributed by atoms with Crippen molar-refractivity contribution in [2.45, 2.75) is 13.5 Å². The summed E-state index contributed by atoms with van der Waals surface area (Å²) in [5, 5.41) is 7.34. The molecule has 0 saturated heterocycles. The average Bonchev–Trinajstić information content (AvgIpc) is 3.00. The molecule has 0 aliphatic rings. The number of nitrogens with one attached hydrogen (secondary N) is 1. The molecule has 0 aliphatic carbocycles. The maximum atomic E-state index is 5.93. The van der Waals surface area contributed by atoms with Gasteiger partial charge in [0.05, 0.1) is 0 Å². The van der Waals surface area contributed by atoms with E-state index in [1.807, 2.05) is 0 Å². The van der Waals surface area contributed by atoms with E-state index in [-0.39, 0.29) is 5.28 Å². The Hall–Kier alpha value is -2.47. The van der Waals surface area contributed by atoms with Gasteiger partial charge < -0.3 is 5.32 Å². The summed E-state index contributed by atoms with van der Waals surface area (Å²) in [6.07, 6.45) is 3.40. The molecule has 0 radical (unpaired) electrons. The van der Waals surface area contributed by atoms with Crippen LogP contribution in [0, 0.1) is 6.92 Å². The molecule has 106 valence electrons. The smallest absolute Gasteiger partial charge is 0.256 e.